The summed E-state index contributed by atoms with van der Waals surface area (Å²) in [5.41, 5.74) is 0. The number of hydrogen-bond donors (Lipinski definition) is 1. The van der Waals surface area contributed by atoms with Gasteiger partial charge in [-0.2, -0.15) is 4.98 Å². The minimum absolute atomic E-state index is 0.0600. The zero-order valence-corrected chi connectivity index (χ0v) is 12.7. The van der Waals surface area contributed by atoms with E-state index >= 15 is 0 Å². The number of amides is 1. The molecular formula is C11H14BrClN4O2. The van der Waals surface area contributed by atoms with Crippen molar-refractivity contribution in [2.24, 2.45) is 0 Å². The van der Waals surface area contributed by atoms with E-state index in [1.54, 1.807) is 13.2 Å². The molecule has 0 aliphatic carbocycles. The molecule has 6 nitrogen and oxygen atoms in total. The number of piperidine rings is 1. The van der Waals surface area contributed by atoms with Crippen LogP contribution < -0.4 is 4.90 Å². The van der Waals surface area contributed by atoms with E-state index in [0.717, 1.165) is 36.2 Å². The summed E-state index contributed by atoms with van der Waals surface area (Å²) >= 11 is 9.20. The lowest BCUT2D eigenvalue weighted by atomic mass is 10.0. The largest absolute Gasteiger partial charge is 0.465 e. The molecule has 2 rings (SSSR count). The average Bonchev–Trinajstić information content (AvgIpc) is 2.41. The van der Waals surface area contributed by atoms with Gasteiger partial charge in [0.25, 0.3) is 0 Å². The van der Waals surface area contributed by atoms with Gasteiger partial charge in [0.05, 0.1) is 4.47 Å². The van der Waals surface area contributed by atoms with Crippen molar-refractivity contribution in [1.82, 2.24) is 14.9 Å². The number of carboxylic acid groups (broad SMARTS) is 1. The Morgan fingerprint density at radius 2 is 2.21 bits per heavy atom. The summed E-state index contributed by atoms with van der Waals surface area (Å²) in [6, 6.07) is 0.0600. The molecule has 0 bridgehead atoms. The molecule has 1 aromatic heterocycles. The van der Waals surface area contributed by atoms with Crippen LogP contribution in [0.25, 0.3) is 0 Å². The van der Waals surface area contributed by atoms with Crippen LogP contribution >= 0.6 is 27.5 Å². The van der Waals surface area contributed by atoms with Crippen molar-refractivity contribution in [1.29, 1.82) is 0 Å². The zero-order valence-electron chi connectivity index (χ0n) is 10.4. The Morgan fingerprint density at radius 3 is 2.79 bits per heavy atom. The Bertz CT molecular complexity index is 480. The van der Waals surface area contributed by atoms with Crippen molar-refractivity contribution in [2.75, 3.05) is 25.0 Å². The third kappa shape index (κ3) is 3.27. The molecule has 1 fully saturated rings. The van der Waals surface area contributed by atoms with E-state index in [2.05, 4.69) is 30.8 Å². The summed E-state index contributed by atoms with van der Waals surface area (Å²) in [7, 11) is 1.61. The van der Waals surface area contributed by atoms with Crippen molar-refractivity contribution in [3.63, 3.8) is 0 Å². The summed E-state index contributed by atoms with van der Waals surface area (Å²) < 4.78 is 0.793. The highest BCUT2D eigenvalue weighted by molar-refractivity contribution is 9.10. The third-order valence-electron chi connectivity index (χ3n) is 3.31. The third-order valence-corrected chi connectivity index (χ3v) is 4.05. The first-order valence-electron chi connectivity index (χ1n) is 5.87. The number of anilines is 1. The van der Waals surface area contributed by atoms with Crippen LogP contribution in [-0.4, -0.2) is 52.2 Å². The van der Waals surface area contributed by atoms with Gasteiger partial charge in [0.15, 0.2) is 0 Å². The number of hydrogen-bond acceptors (Lipinski definition) is 4. The van der Waals surface area contributed by atoms with Crippen molar-refractivity contribution in [3.8, 4) is 0 Å². The first-order valence-corrected chi connectivity index (χ1v) is 7.05. The summed E-state index contributed by atoms with van der Waals surface area (Å²) in [4.78, 5) is 22.5. The molecule has 1 aromatic rings. The summed E-state index contributed by atoms with van der Waals surface area (Å²) in [5.74, 6) is 0.761. The van der Waals surface area contributed by atoms with E-state index in [1.807, 2.05) is 0 Å². The second-order valence-electron chi connectivity index (χ2n) is 4.42. The molecule has 1 saturated heterocycles. The lowest BCUT2D eigenvalue weighted by Gasteiger charge is -2.36. The van der Waals surface area contributed by atoms with Gasteiger partial charge in [0.1, 0.15) is 5.82 Å². The van der Waals surface area contributed by atoms with E-state index in [9.17, 15) is 4.79 Å². The van der Waals surface area contributed by atoms with Crippen molar-refractivity contribution >= 4 is 39.4 Å². The molecule has 0 atom stereocenters. The number of rotatable bonds is 2. The van der Waals surface area contributed by atoms with Gasteiger partial charge in [0.2, 0.25) is 5.28 Å². The highest BCUT2D eigenvalue weighted by atomic mass is 79.9. The topological polar surface area (TPSA) is 69.6 Å². The number of nitrogens with zero attached hydrogens (tertiary/aromatic N) is 4. The van der Waals surface area contributed by atoms with Crippen molar-refractivity contribution in [2.45, 2.75) is 18.9 Å². The Morgan fingerprint density at radius 1 is 1.58 bits per heavy atom. The maximum absolute atomic E-state index is 10.9. The quantitative estimate of drug-likeness (QED) is 0.831. The zero-order chi connectivity index (χ0) is 14.0. The molecule has 1 aliphatic heterocycles. The highest BCUT2D eigenvalue weighted by Gasteiger charge is 2.26. The number of aromatic nitrogens is 2. The van der Waals surface area contributed by atoms with E-state index in [1.165, 1.54) is 4.90 Å². The average molecular weight is 350 g/mol. The lowest BCUT2D eigenvalue weighted by Crippen LogP contribution is -2.45. The maximum atomic E-state index is 10.9. The van der Waals surface area contributed by atoms with Crippen LogP contribution in [0, 0.1) is 0 Å². The molecule has 1 N–H and O–H groups in total. The summed E-state index contributed by atoms with van der Waals surface area (Å²) in [5, 5.41) is 9.18. The Hall–Kier alpha value is -1.08. The first kappa shape index (κ1) is 14.3. The van der Waals surface area contributed by atoms with Crippen molar-refractivity contribution in [3.05, 3.63) is 16.0 Å². The van der Waals surface area contributed by atoms with Gasteiger partial charge in [-0.15, -0.1) is 0 Å². The van der Waals surface area contributed by atoms with Crippen LogP contribution in [0.15, 0.2) is 10.7 Å². The Balaban J connectivity index is 2.04. The van der Waals surface area contributed by atoms with Gasteiger partial charge < -0.3 is 14.9 Å². The van der Waals surface area contributed by atoms with Crippen LogP contribution in [0.5, 0.6) is 0 Å². The maximum Gasteiger partial charge on any atom is 0.407 e. The fourth-order valence-electron chi connectivity index (χ4n) is 2.18. The Kier molecular flexibility index (Phi) is 4.46. The SMILES string of the molecule is CN(C(=O)O)C1CCN(c2nc(Cl)ncc2Br)CC1. The summed E-state index contributed by atoms with van der Waals surface area (Å²) in [6.07, 6.45) is 2.29. The van der Waals surface area contributed by atoms with E-state index in [0.29, 0.717) is 0 Å². The minimum atomic E-state index is -0.885. The highest BCUT2D eigenvalue weighted by Crippen LogP contribution is 2.27. The van der Waals surface area contributed by atoms with Gasteiger partial charge in [-0.05, 0) is 40.4 Å². The van der Waals surface area contributed by atoms with Gasteiger partial charge in [-0.1, -0.05) is 0 Å². The molecule has 104 valence electrons. The predicted molar refractivity (Wildman–Crippen MR) is 75.8 cm³/mol. The van der Waals surface area contributed by atoms with Crippen molar-refractivity contribution < 1.29 is 9.90 Å². The van der Waals surface area contributed by atoms with Crippen LogP contribution in [0.2, 0.25) is 5.28 Å². The standard InChI is InChI=1S/C11H14BrClN4O2/c1-16(11(18)19)7-2-4-17(5-3-7)9-8(12)6-14-10(13)15-9/h6-7H,2-5H2,1H3,(H,18,19). The molecule has 1 aliphatic rings. The van der Waals surface area contributed by atoms with Crippen LogP contribution in [-0.2, 0) is 0 Å². The smallest absolute Gasteiger partial charge is 0.407 e. The predicted octanol–water partition coefficient (Wildman–Crippen LogP) is 2.47. The van der Waals surface area contributed by atoms with Gasteiger partial charge >= 0.3 is 6.09 Å². The molecule has 0 aromatic carbocycles. The molecule has 0 saturated carbocycles. The fraction of sp³-hybridized carbons (Fsp3) is 0.545. The summed E-state index contributed by atoms with van der Waals surface area (Å²) in [6.45, 7) is 1.49. The fourth-order valence-corrected chi connectivity index (χ4v) is 2.75. The van der Waals surface area contributed by atoms with Crippen LogP contribution in [0.4, 0.5) is 10.6 Å². The second-order valence-corrected chi connectivity index (χ2v) is 5.61. The van der Waals surface area contributed by atoms with Crippen LogP contribution in [0.1, 0.15) is 12.8 Å². The van der Waals surface area contributed by atoms with Gasteiger partial charge in [-0.3, -0.25) is 0 Å². The van der Waals surface area contributed by atoms with E-state index in [-0.39, 0.29) is 11.3 Å². The molecular weight excluding hydrogens is 336 g/mol. The Labute approximate surface area is 124 Å². The van der Waals surface area contributed by atoms with Gasteiger partial charge in [-0.25, -0.2) is 9.78 Å². The number of carbonyl (C=O) groups is 1. The molecule has 8 heteroatoms. The first-order chi connectivity index (χ1) is 8.99. The molecule has 0 unspecified atom stereocenters. The van der Waals surface area contributed by atoms with E-state index in [4.69, 9.17) is 16.7 Å². The van der Waals surface area contributed by atoms with Gasteiger partial charge in [0, 0.05) is 32.4 Å². The molecule has 0 radical (unpaired) electrons. The van der Waals surface area contributed by atoms with E-state index < -0.39 is 6.09 Å². The molecule has 1 amide bonds. The normalized spacial score (nSPS) is 16.5. The van der Waals surface area contributed by atoms with Crippen LogP contribution in [0.3, 0.4) is 0 Å². The number of halogens is 2. The molecule has 2 heterocycles. The minimum Gasteiger partial charge on any atom is -0.465 e. The lowest BCUT2D eigenvalue weighted by molar-refractivity contribution is 0.131. The monoisotopic (exact) mass is 348 g/mol. The molecule has 19 heavy (non-hydrogen) atoms. The second kappa shape index (κ2) is 5.92. The molecule has 0 spiro atoms.